The molecule has 2 aliphatic heterocycles. The number of nitrogens with zero attached hydrogens (tertiary/aromatic N) is 4. The molecular formula is C15H30IN5O3S. The van der Waals surface area contributed by atoms with Crippen LogP contribution in [0.3, 0.4) is 0 Å². The van der Waals surface area contributed by atoms with E-state index >= 15 is 0 Å². The predicted molar refractivity (Wildman–Crippen MR) is 110 cm³/mol. The Hall–Kier alpha value is -0.620. The molecule has 0 spiro atoms. The lowest BCUT2D eigenvalue weighted by molar-refractivity contribution is -0.130. The first-order valence-electron chi connectivity index (χ1n) is 8.63. The number of hydrogen-bond donors (Lipinski definition) is 1. The monoisotopic (exact) mass is 487 g/mol. The largest absolute Gasteiger partial charge is 0.357 e. The number of aliphatic imine (C=N–C) groups is 1. The first kappa shape index (κ1) is 22.4. The molecule has 0 bridgehead atoms. The van der Waals surface area contributed by atoms with Crippen LogP contribution in [0.25, 0.3) is 0 Å². The van der Waals surface area contributed by atoms with Crippen molar-refractivity contribution in [2.45, 2.75) is 13.8 Å². The lowest BCUT2D eigenvalue weighted by atomic mass is 10.3. The number of nitrogens with one attached hydrogen (secondary N) is 1. The maximum atomic E-state index is 11.4. The van der Waals surface area contributed by atoms with Crippen LogP contribution in [0.1, 0.15) is 13.8 Å². The highest BCUT2D eigenvalue weighted by Crippen LogP contribution is 2.05. The Bertz CT molecular complexity index is 548. The summed E-state index contributed by atoms with van der Waals surface area (Å²) < 4.78 is 22.9. The van der Waals surface area contributed by atoms with Crippen molar-refractivity contribution in [3.8, 4) is 0 Å². The molecule has 146 valence electrons. The van der Waals surface area contributed by atoms with Gasteiger partial charge in [0, 0.05) is 59.3 Å². The van der Waals surface area contributed by atoms with E-state index in [1.807, 2.05) is 11.8 Å². The number of rotatable bonds is 4. The second kappa shape index (κ2) is 10.5. The van der Waals surface area contributed by atoms with Gasteiger partial charge in [-0.1, -0.05) is 0 Å². The maximum absolute atomic E-state index is 11.4. The first-order chi connectivity index (χ1) is 11.4. The van der Waals surface area contributed by atoms with E-state index in [0.29, 0.717) is 19.6 Å². The number of guanidine groups is 1. The molecule has 0 radical (unpaired) electrons. The predicted octanol–water partition coefficient (Wildman–Crippen LogP) is -0.536. The summed E-state index contributed by atoms with van der Waals surface area (Å²) in [4.78, 5) is 22.3. The fourth-order valence-electron chi connectivity index (χ4n) is 2.93. The summed E-state index contributed by atoms with van der Waals surface area (Å²) in [7, 11) is -2.83. The Balaban J connectivity index is 0.00000312. The first-order valence-corrected chi connectivity index (χ1v) is 10.4. The van der Waals surface area contributed by atoms with Gasteiger partial charge in [0.15, 0.2) is 15.8 Å². The number of carbonyl (C=O) groups is 1. The van der Waals surface area contributed by atoms with E-state index < -0.39 is 9.84 Å². The molecule has 0 aromatic rings. The van der Waals surface area contributed by atoms with Crippen molar-refractivity contribution in [1.29, 1.82) is 0 Å². The molecule has 8 nitrogen and oxygen atoms in total. The minimum absolute atomic E-state index is 0. The molecule has 2 heterocycles. The van der Waals surface area contributed by atoms with Crippen LogP contribution in [0.5, 0.6) is 0 Å². The highest BCUT2D eigenvalue weighted by Gasteiger charge is 2.22. The highest BCUT2D eigenvalue weighted by atomic mass is 127. The number of halogens is 1. The second-order valence-electron chi connectivity index (χ2n) is 6.22. The molecule has 1 N–H and O–H groups in total. The van der Waals surface area contributed by atoms with Crippen LogP contribution < -0.4 is 5.32 Å². The zero-order valence-corrected chi connectivity index (χ0v) is 18.3. The van der Waals surface area contributed by atoms with Gasteiger partial charge in [0.25, 0.3) is 0 Å². The van der Waals surface area contributed by atoms with E-state index in [4.69, 9.17) is 0 Å². The van der Waals surface area contributed by atoms with Crippen LogP contribution in [-0.2, 0) is 14.6 Å². The normalized spacial score (nSPS) is 21.6. The van der Waals surface area contributed by atoms with Gasteiger partial charge >= 0.3 is 0 Å². The van der Waals surface area contributed by atoms with Gasteiger partial charge < -0.3 is 15.1 Å². The molecule has 0 unspecified atom stereocenters. The van der Waals surface area contributed by atoms with Crippen molar-refractivity contribution in [1.82, 2.24) is 20.0 Å². The molecule has 0 saturated carbocycles. The molecule has 0 aromatic heterocycles. The van der Waals surface area contributed by atoms with Crippen molar-refractivity contribution < 1.29 is 13.2 Å². The standard InChI is InChI=1S/C15H29N5O3S.HI/c1-3-16-15(20-8-6-19(7-9-20)14(2)21)17-4-5-18-10-12-24(22,23)13-11-18;/h3-13H2,1-2H3,(H,16,17);1H. The molecule has 2 fully saturated rings. The van der Waals surface area contributed by atoms with Gasteiger partial charge in [-0.3, -0.25) is 14.7 Å². The van der Waals surface area contributed by atoms with Gasteiger partial charge in [-0.2, -0.15) is 0 Å². The number of piperazine rings is 1. The third-order valence-corrected chi connectivity index (χ3v) is 6.08. The van der Waals surface area contributed by atoms with Crippen LogP contribution in [0.15, 0.2) is 4.99 Å². The Morgan fingerprint density at radius 2 is 1.60 bits per heavy atom. The maximum Gasteiger partial charge on any atom is 0.219 e. The van der Waals surface area contributed by atoms with Crippen LogP contribution >= 0.6 is 24.0 Å². The number of carbonyl (C=O) groups excluding carboxylic acids is 1. The summed E-state index contributed by atoms with van der Waals surface area (Å²) in [6, 6.07) is 0. The highest BCUT2D eigenvalue weighted by molar-refractivity contribution is 14.0. The van der Waals surface area contributed by atoms with Crippen LogP contribution in [-0.4, -0.2) is 105 Å². The van der Waals surface area contributed by atoms with Crippen LogP contribution in [0, 0.1) is 0 Å². The fraction of sp³-hybridized carbons (Fsp3) is 0.867. The van der Waals surface area contributed by atoms with Gasteiger partial charge in [-0.15, -0.1) is 24.0 Å². The van der Waals surface area contributed by atoms with Gasteiger partial charge in [-0.05, 0) is 6.92 Å². The summed E-state index contributed by atoms with van der Waals surface area (Å²) in [5, 5.41) is 3.31. The fourth-order valence-corrected chi connectivity index (χ4v) is 4.21. The molecule has 25 heavy (non-hydrogen) atoms. The van der Waals surface area contributed by atoms with Crippen molar-refractivity contribution >= 4 is 45.7 Å². The van der Waals surface area contributed by atoms with Crippen molar-refractivity contribution in [2.75, 3.05) is 70.4 Å². The molecule has 2 saturated heterocycles. The summed E-state index contributed by atoms with van der Waals surface area (Å²) in [5.74, 6) is 1.51. The Morgan fingerprint density at radius 3 is 2.12 bits per heavy atom. The van der Waals surface area contributed by atoms with Gasteiger partial charge in [-0.25, -0.2) is 8.42 Å². The van der Waals surface area contributed by atoms with E-state index in [9.17, 15) is 13.2 Å². The lowest BCUT2D eigenvalue weighted by Gasteiger charge is -2.36. The minimum atomic E-state index is -2.83. The molecule has 0 atom stereocenters. The van der Waals surface area contributed by atoms with Gasteiger partial charge in [0.2, 0.25) is 5.91 Å². The van der Waals surface area contributed by atoms with Gasteiger partial charge in [0.05, 0.1) is 18.1 Å². The molecule has 1 amide bonds. The average Bonchev–Trinajstić information content (AvgIpc) is 2.55. The number of hydrogen-bond acceptors (Lipinski definition) is 5. The van der Waals surface area contributed by atoms with Crippen molar-refractivity contribution in [3.63, 3.8) is 0 Å². The summed E-state index contributed by atoms with van der Waals surface area (Å²) in [6.07, 6.45) is 0. The minimum Gasteiger partial charge on any atom is -0.357 e. The topological polar surface area (TPSA) is 85.3 Å². The summed E-state index contributed by atoms with van der Waals surface area (Å²) in [5.41, 5.74) is 0. The average molecular weight is 487 g/mol. The van der Waals surface area contributed by atoms with E-state index in [1.165, 1.54) is 0 Å². The number of sulfone groups is 1. The zero-order valence-electron chi connectivity index (χ0n) is 15.1. The van der Waals surface area contributed by atoms with E-state index in [1.54, 1.807) is 6.92 Å². The molecule has 2 rings (SSSR count). The van der Waals surface area contributed by atoms with Crippen molar-refractivity contribution in [3.05, 3.63) is 0 Å². The van der Waals surface area contributed by atoms with E-state index in [-0.39, 0.29) is 41.4 Å². The van der Waals surface area contributed by atoms with Crippen LogP contribution in [0.4, 0.5) is 0 Å². The van der Waals surface area contributed by atoms with Crippen molar-refractivity contribution in [2.24, 2.45) is 4.99 Å². The zero-order chi connectivity index (χ0) is 17.6. The third kappa shape index (κ3) is 7.26. The Labute approximate surface area is 167 Å². The third-order valence-electron chi connectivity index (χ3n) is 4.47. The summed E-state index contributed by atoms with van der Waals surface area (Å²) >= 11 is 0. The molecule has 2 aliphatic rings. The van der Waals surface area contributed by atoms with Crippen LogP contribution in [0.2, 0.25) is 0 Å². The Morgan fingerprint density at radius 1 is 1.04 bits per heavy atom. The number of amides is 1. The second-order valence-corrected chi connectivity index (χ2v) is 8.53. The molecular weight excluding hydrogens is 457 g/mol. The SMILES string of the molecule is CCNC(=NCCN1CCS(=O)(=O)CC1)N1CCN(C(C)=O)CC1.I. The van der Waals surface area contributed by atoms with E-state index in [2.05, 4.69) is 20.1 Å². The summed E-state index contributed by atoms with van der Waals surface area (Å²) in [6.45, 7) is 10.1. The lowest BCUT2D eigenvalue weighted by Crippen LogP contribution is -2.53. The molecule has 0 aliphatic carbocycles. The quantitative estimate of drug-likeness (QED) is 0.326. The smallest absolute Gasteiger partial charge is 0.219 e. The Kier molecular flexibility index (Phi) is 9.43. The van der Waals surface area contributed by atoms with E-state index in [0.717, 1.165) is 45.2 Å². The molecule has 10 heteroatoms. The molecule has 0 aromatic carbocycles. The van der Waals surface area contributed by atoms with Gasteiger partial charge in [0.1, 0.15) is 0 Å².